The SMILES string of the molecule is C=C(C)/C=C\C(=C)S(=O)(=O)N/N=C(\CCCC(=O)OC)c1ccccc1. The summed E-state index contributed by atoms with van der Waals surface area (Å²) in [4.78, 5) is 13.3. The molecule has 140 valence electrons. The van der Waals surface area contributed by atoms with Crippen molar-refractivity contribution in [2.24, 2.45) is 5.10 Å². The molecule has 6 nitrogen and oxygen atoms in total. The maximum absolute atomic E-state index is 12.2. The summed E-state index contributed by atoms with van der Waals surface area (Å²) < 4.78 is 29.1. The number of nitrogens with one attached hydrogen (secondary N) is 1. The minimum absolute atomic E-state index is 0.119. The van der Waals surface area contributed by atoms with E-state index < -0.39 is 10.0 Å². The highest BCUT2D eigenvalue weighted by molar-refractivity contribution is 7.93. The van der Waals surface area contributed by atoms with E-state index in [0.717, 1.165) is 5.56 Å². The first-order valence-electron chi connectivity index (χ1n) is 7.99. The van der Waals surface area contributed by atoms with Gasteiger partial charge in [0.15, 0.2) is 0 Å². The Kier molecular flexibility index (Phi) is 8.51. The number of methoxy groups -OCH3 is 1. The second-order valence-corrected chi connectivity index (χ2v) is 7.31. The molecule has 1 aromatic carbocycles. The van der Waals surface area contributed by atoms with Gasteiger partial charge in [-0.3, -0.25) is 4.79 Å². The molecule has 26 heavy (non-hydrogen) atoms. The molecule has 0 amide bonds. The Morgan fingerprint density at radius 3 is 2.42 bits per heavy atom. The molecule has 0 spiro atoms. The summed E-state index contributed by atoms with van der Waals surface area (Å²) >= 11 is 0. The zero-order valence-electron chi connectivity index (χ0n) is 15.1. The van der Waals surface area contributed by atoms with Crippen molar-refractivity contribution in [3.05, 3.63) is 71.7 Å². The first-order valence-corrected chi connectivity index (χ1v) is 9.47. The number of rotatable bonds is 10. The normalized spacial score (nSPS) is 12.0. The topological polar surface area (TPSA) is 84.8 Å². The number of hydrazone groups is 1. The lowest BCUT2D eigenvalue weighted by atomic mass is 10.0. The number of ether oxygens (including phenoxy) is 1. The smallest absolute Gasteiger partial charge is 0.305 e. The Balaban J connectivity index is 2.94. The number of benzene rings is 1. The van der Waals surface area contributed by atoms with Crippen LogP contribution in [0.15, 0.2) is 71.2 Å². The molecule has 0 saturated heterocycles. The summed E-state index contributed by atoms with van der Waals surface area (Å²) in [5.41, 5.74) is 2.00. The van der Waals surface area contributed by atoms with Crippen molar-refractivity contribution in [2.45, 2.75) is 26.2 Å². The van der Waals surface area contributed by atoms with Crippen molar-refractivity contribution in [3.8, 4) is 0 Å². The van der Waals surface area contributed by atoms with E-state index in [1.807, 2.05) is 30.3 Å². The summed E-state index contributed by atoms with van der Waals surface area (Å²) in [5.74, 6) is -0.323. The van der Waals surface area contributed by atoms with Crippen LogP contribution in [0.3, 0.4) is 0 Å². The third-order valence-electron chi connectivity index (χ3n) is 3.33. The third kappa shape index (κ3) is 7.48. The van der Waals surface area contributed by atoms with Gasteiger partial charge in [-0.05, 0) is 31.4 Å². The number of esters is 1. The van der Waals surface area contributed by atoms with Gasteiger partial charge in [-0.15, -0.1) is 0 Å². The third-order valence-corrected chi connectivity index (χ3v) is 4.49. The summed E-state index contributed by atoms with van der Waals surface area (Å²) in [6.45, 7) is 8.95. The van der Waals surface area contributed by atoms with Gasteiger partial charge in [-0.2, -0.15) is 18.4 Å². The molecule has 0 saturated carbocycles. The zero-order valence-corrected chi connectivity index (χ0v) is 15.9. The lowest BCUT2D eigenvalue weighted by molar-refractivity contribution is -0.140. The van der Waals surface area contributed by atoms with Crippen molar-refractivity contribution >= 4 is 21.7 Å². The maximum Gasteiger partial charge on any atom is 0.305 e. The summed E-state index contributed by atoms with van der Waals surface area (Å²) in [6, 6.07) is 9.15. The van der Waals surface area contributed by atoms with E-state index in [4.69, 9.17) is 0 Å². The molecule has 0 heterocycles. The van der Waals surface area contributed by atoms with E-state index in [0.29, 0.717) is 24.1 Å². The molecule has 0 radical (unpaired) electrons. The predicted molar refractivity (Wildman–Crippen MR) is 104 cm³/mol. The highest BCUT2D eigenvalue weighted by Gasteiger charge is 2.13. The van der Waals surface area contributed by atoms with E-state index in [-0.39, 0.29) is 17.3 Å². The Labute approximate surface area is 155 Å². The van der Waals surface area contributed by atoms with Crippen LogP contribution in [0, 0.1) is 0 Å². The molecule has 0 aliphatic heterocycles. The summed E-state index contributed by atoms with van der Waals surface area (Å²) in [6.07, 6.45) is 4.04. The lowest BCUT2D eigenvalue weighted by Gasteiger charge is -2.09. The molecule has 0 aromatic heterocycles. The number of sulfonamides is 1. The van der Waals surface area contributed by atoms with Gasteiger partial charge < -0.3 is 4.74 Å². The highest BCUT2D eigenvalue weighted by atomic mass is 32.2. The molecule has 1 aromatic rings. The Hall–Kier alpha value is -2.67. The molecule has 0 atom stereocenters. The minimum Gasteiger partial charge on any atom is -0.469 e. The van der Waals surface area contributed by atoms with Crippen LogP contribution in [0.1, 0.15) is 31.7 Å². The Morgan fingerprint density at radius 2 is 1.85 bits per heavy atom. The Bertz CT molecular complexity index is 809. The fraction of sp³-hybridized carbons (Fsp3) is 0.263. The van der Waals surface area contributed by atoms with Crippen molar-refractivity contribution in [1.82, 2.24) is 4.83 Å². The van der Waals surface area contributed by atoms with Crippen molar-refractivity contribution in [3.63, 3.8) is 0 Å². The van der Waals surface area contributed by atoms with Crippen LogP contribution in [-0.2, 0) is 19.6 Å². The fourth-order valence-corrected chi connectivity index (χ4v) is 2.49. The molecule has 1 rings (SSSR count). The van der Waals surface area contributed by atoms with Crippen molar-refractivity contribution in [2.75, 3.05) is 7.11 Å². The number of hydrogen-bond donors (Lipinski definition) is 1. The van der Waals surface area contributed by atoms with E-state index in [2.05, 4.69) is 27.8 Å². The van der Waals surface area contributed by atoms with Crippen molar-refractivity contribution < 1.29 is 17.9 Å². The molecule has 0 bridgehead atoms. The van der Waals surface area contributed by atoms with Gasteiger partial charge in [-0.25, -0.2) is 0 Å². The van der Waals surface area contributed by atoms with Gasteiger partial charge in [0.1, 0.15) is 0 Å². The zero-order chi connectivity index (χ0) is 19.6. The molecule has 0 fully saturated rings. The van der Waals surface area contributed by atoms with E-state index >= 15 is 0 Å². The molecule has 0 unspecified atom stereocenters. The van der Waals surface area contributed by atoms with E-state index in [9.17, 15) is 13.2 Å². The number of carbonyl (C=O) groups is 1. The predicted octanol–water partition coefficient (Wildman–Crippen LogP) is 3.30. The molecule has 1 N–H and O–H groups in total. The van der Waals surface area contributed by atoms with E-state index in [1.54, 1.807) is 13.0 Å². The van der Waals surface area contributed by atoms with Crippen LogP contribution in [0.25, 0.3) is 0 Å². The number of hydrogen-bond acceptors (Lipinski definition) is 5. The van der Waals surface area contributed by atoms with Gasteiger partial charge in [0.2, 0.25) is 0 Å². The van der Waals surface area contributed by atoms with E-state index in [1.165, 1.54) is 13.2 Å². The van der Waals surface area contributed by atoms with Crippen LogP contribution in [0.4, 0.5) is 0 Å². The van der Waals surface area contributed by atoms with Gasteiger partial charge in [-0.1, -0.05) is 55.1 Å². The highest BCUT2D eigenvalue weighted by Crippen LogP contribution is 2.10. The first kappa shape index (κ1) is 21.4. The molecule has 0 aliphatic rings. The summed E-state index contributed by atoms with van der Waals surface area (Å²) in [5, 5.41) is 4.05. The second-order valence-electron chi connectivity index (χ2n) is 5.59. The lowest BCUT2D eigenvalue weighted by Crippen LogP contribution is -2.21. The average molecular weight is 376 g/mol. The second kappa shape index (κ2) is 10.4. The number of carbonyl (C=O) groups excluding carboxylic acids is 1. The maximum atomic E-state index is 12.2. The molecule has 7 heteroatoms. The van der Waals surface area contributed by atoms with Gasteiger partial charge in [0, 0.05) is 6.42 Å². The van der Waals surface area contributed by atoms with Crippen LogP contribution >= 0.6 is 0 Å². The van der Waals surface area contributed by atoms with Crippen LogP contribution in [0.5, 0.6) is 0 Å². The number of nitrogens with zero attached hydrogens (tertiary/aromatic N) is 1. The Morgan fingerprint density at radius 1 is 1.19 bits per heavy atom. The van der Waals surface area contributed by atoms with Gasteiger partial charge >= 0.3 is 5.97 Å². The van der Waals surface area contributed by atoms with Crippen LogP contribution < -0.4 is 4.83 Å². The molecular formula is C19H24N2O4S. The van der Waals surface area contributed by atoms with Crippen LogP contribution in [-0.4, -0.2) is 27.2 Å². The largest absolute Gasteiger partial charge is 0.469 e. The van der Waals surface area contributed by atoms with Gasteiger partial charge in [0.05, 0.1) is 17.7 Å². The monoisotopic (exact) mass is 376 g/mol. The van der Waals surface area contributed by atoms with Gasteiger partial charge in [0.25, 0.3) is 10.0 Å². The minimum atomic E-state index is -3.86. The average Bonchev–Trinajstić information content (AvgIpc) is 2.62. The summed E-state index contributed by atoms with van der Waals surface area (Å²) in [7, 11) is -2.53. The standard InChI is InChI=1S/C19H24N2O4S/c1-15(2)13-14-16(3)26(23,24)21-20-18(11-8-12-19(22)25-4)17-9-6-5-7-10-17/h5-7,9-10,13-14,21H,1,3,8,11-12H2,2,4H3/b14-13-,20-18+. The molecular weight excluding hydrogens is 352 g/mol. The fourth-order valence-electron chi connectivity index (χ4n) is 1.90. The van der Waals surface area contributed by atoms with Crippen molar-refractivity contribution in [1.29, 1.82) is 0 Å². The number of allylic oxidation sites excluding steroid dienone is 3. The quantitative estimate of drug-likeness (QED) is 0.294. The van der Waals surface area contributed by atoms with Crippen LogP contribution in [0.2, 0.25) is 0 Å². The molecule has 0 aliphatic carbocycles. The first-order chi connectivity index (χ1) is 12.3.